The molecule has 0 aliphatic carbocycles. The maximum atomic E-state index is 13.3. The zero-order chi connectivity index (χ0) is 17.8. The van der Waals surface area contributed by atoms with Gasteiger partial charge >= 0.3 is 0 Å². The van der Waals surface area contributed by atoms with E-state index in [1.807, 2.05) is 30.3 Å². The molecule has 0 saturated carbocycles. The van der Waals surface area contributed by atoms with Crippen molar-refractivity contribution in [1.29, 1.82) is 0 Å². The minimum Gasteiger partial charge on any atom is -0.360 e. The highest BCUT2D eigenvalue weighted by Gasteiger charge is 2.11. The number of halogens is 1. The molecule has 0 amide bonds. The third kappa shape index (κ3) is 3.41. The lowest BCUT2D eigenvalue weighted by molar-refractivity contribution is 0.384. The zero-order valence-electron chi connectivity index (χ0n) is 13.6. The van der Waals surface area contributed by atoms with Crippen LogP contribution in [-0.2, 0) is 6.54 Å². The summed E-state index contributed by atoms with van der Waals surface area (Å²) in [6.07, 6.45) is 3.22. The van der Waals surface area contributed by atoms with Gasteiger partial charge in [0.05, 0.1) is 6.54 Å². The van der Waals surface area contributed by atoms with Crippen molar-refractivity contribution in [3.8, 4) is 22.5 Å². The Hall–Kier alpha value is -3.61. The molecule has 26 heavy (non-hydrogen) atoms. The van der Waals surface area contributed by atoms with Crippen LogP contribution < -0.4 is 5.32 Å². The average molecular weight is 347 g/mol. The summed E-state index contributed by atoms with van der Waals surface area (Å²) in [4.78, 5) is 12.7. The van der Waals surface area contributed by atoms with Crippen molar-refractivity contribution >= 4 is 5.82 Å². The second kappa shape index (κ2) is 7.10. The Kier molecular flexibility index (Phi) is 4.34. The molecule has 2 aromatic carbocycles. The van der Waals surface area contributed by atoms with Gasteiger partial charge in [0.15, 0.2) is 0 Å². The van der Waals surface area contributed by atoms with E-state index in [-0.39, 0.29) is 5.82 Å². The summed E-state index contributed by atoms with van der Waals surface area (Å²) in [6.45, 7) is 0.291. The van der Waals surface area contributed by atoms with E-state index in [1.165, 1.54) is 18.5 Å². The van der Waals surface area contributed by atoms with E-state index >= 15 is 0 Å². The van der Waals surface area contributed by atoms with Crippen LogP contribution >= 0.6 is 0 Å². The lowest BCUT2D eigenvalue weighted by Gasteiger charge is -2.08. The van der Waals surface area contributed by atoms with Crippen molar-refractivity contribution in [2.75, 3.05) is 5.32 Å². The number of aromatic nitrogens is 4. The Morgan fingerprint density at radius 2 is 1.85 bits per heavy atom. The highest BCUT2D eigenvalue weighted by Crippen LogP contribution is 2.25. The summed E-state index contributed by atoms with van der Waals surface area (Å²) in [5.41, 5.74) is 2.44. The van der Waals surface area contributed by atoms with Gasteiger partial charge in [-0.25, -0.2) is 14.4 Å². The highest BCUT2D eigenvalue weighted by atomic mass is 19.1. The molecule has 2 aromatic heterocycles. The number of hydrogen-bond acceptors (Lipinski definition) is 6. The van der Waals surface area contributed by atoms with Gasteiger partial charge in [0, 0.05) is 17.3 Å². The van der Waals surface area contributed by atoms with Crippen molar-refractivity contribution in [3.05, 3.63) is 78.8 Å². The molecule has 0 atom stereocenters. The Morgan fingerprint density at radius 1 is 1.00 bits per heavy atom. The van der Waals surface area contributed by atoms with Gasteiger partial charge in [-0.2, -0.15) is 4.98 Å². The topological polar surface area (TPSA) is 76.7 Å². The van der Waals surface area contributed by atoms with Crippen molar-refractivity contribution in [3.63, 3.8) is 0 Å². The molecule has 0 aliphatic heterocycles. The van der Waals surface area contributed by atoms with Gasteiger partial charge in [-0.05, 0) is 17.7 Å². The summed E-state index contributed by atoms with van der Waals surface area (Å²) in [5, 5.41) is 7.08. The lowest BCUT2D eigenvalue weighted by Crippen LogP contribution is -2.03. The summed E-state index contributed by atoms with van der Waals surface area (Å²) < 4.78 is 18.6. The van der Waals surface area contributed by atoms with Gasteiger partial charge < -0.3 is 9.84 Å². The zero-order valence-corrected chi connectivity index (χ0v) is 13.6. The van der Waals surface area contributed by atoms with Crippen LogP contribution in [0.15, 0.2) is 71.6 Å². The number of nitrogens with one attached hydrogen (secondary N) is 1. The highest BCUT2D eigenvalue weighted by molar-refractivity contribution is 5.74. The second-order valence-corrected chi connectivity index (χ2v) is 5.53. The monoisotopic (exact) mass is 347 g/mol. The van der Waals surface area contributed by atoms with Crippen LogP contribution in [0.1, 0.15) is 5.89 Å². The van der Waals surface area contributed by atoms with Gasteiger partial charge in [-0.15, -0.1) is 0 Å². The Bertz CT molecular complexity index is 1020. The molecule has 4 aromatic rings. The first-order chi connectivity index (χ1) is 12.8. The van der Waals surface area contributed by atoms with Gasteiger partial charge in [0.25, 0.3) is 0 Å². The van der Waals surface area contributed by atoms with Crippen LogP contribution in [0.2, 0.25) is 0 Å². The first-order valence-corrected chi connectivity index (χ1v) is 7.97. The van der Waals surface area contributed by atoms with Gasteiger partial charge in [-0.1, -0.05) is 47.6 Å². The fourth-order valence-corrected chi connectivity index (χ4v) is 2.53. The Balaban J connectivity index is 1.52. The molecule has 128 valence electrons. The van der Waals surface area contributed by atoms with E-state index in [9.17, 15) is 4.39 Å². The molecule has 6 nitrogen and oxygen atoms in total. The maximum Gasteiger partial charge on any atom is 0.246 e. The molecular weight excluding hydrogens is 333 g/mol. The standard InChI is InChI=1S/C19H14FN5O/c20-15-8-4-7-14(9-15)18-24-17(26-25-18)11-22-19-16(10-21-12-23-19)13-5-2-1-3-6-13/h1-10,12H,11H2,(H,21,22,23). The van der Waals surface area contributed by atoms with Crippen LogP contribution in [0, 0.1) is 5.82 Å². The molecule has 7 heteroatoms. The molecule has 0 saturated heterocycles. The Labute approximate surface area is 148 Å². The average Bonchev–Trinajstić information content (AvgIpc) is 3.16. The fourth-order valence-electron chi connectivity index (χ4n) is 2.53. The molecule has 4 rings (SSSR count). The molecule has 0 unspecified atom stereocenters. The van der Waals surface area contributed by atoms with Crippen LogP contribution in [0.25, 0.3) is 22.5 Å². The SMILES string of the molecule is Fc1cccc(-c2noc(CNc3ncncc3-c3ccccc3)n2)c1. The van der Waals surface area contributed by atoms with E-state index in [4.69, 9.17) is 4.52 Å². The molecule has 0 fully saturated rings. The first kappa shape index (κ1) is 15.9. The molecule has 0 aliphatic rings. The summed E-state index contributed by atoms with van der Waals surface area (Å²) in [5.74, 6) is 1.03. The van der Waals surface area contributed by atoms with Crippen molar-refractivity contribution in [2.45, 2.75) is 6.54 Å². The van der Waals surface area contributed by atoms with Gasteiger partial charge in [-0.3, -0.25) is 0 Å². The molecule has 2 heterocycles. The van der Waals surface area contributed by atoms with Crippen molar-refractivity contribution < 1.29 is 8.91 Å². The third-order valence-corrected chi connectivity index (χ3v) is 3.76. The predicted octanol–water partition coefficient (Wildman–Crippen LogP) is 3.94. The molecule has 0 bridgehead atoms. The van der Waals surface area contributed by atoms with Crippen LogP contribution in [-0.4, -0.2) is 20.1 Å². The fraction of sp³-hybridized carbons (Fsp3) is 0.0526. The molecule has 0 radical (unpaired) electrons. The second-order valence-electron chi connectivity index (χ2n) is 5.53. The molecule has 1 N–H and O–H groups in total. The number of rotatable bonds is 5. The van der Waals surface area contributed by atoms with E-state index < -0.39 is 0 Å². The van der Waals surface area contributed by atoms with Crippen LogP contribution in [0.5, 0.6) is 0 Å². The lowest BCUT2D eigenvalue weighted by atomic mass is 10.1. The van der Waals surface area contributed by atoms with E-state index in [0.29, 0.717) is 29.6 Å². The van der Waals surface area contributed by atoms with E-state index in [2.05, 4.69) is 25.4 Å². The Morgan fingerprint density at radius 3 is 2.69 bits per heavy atom. The largest absolute Gasteiger partial charge is 0.360 e. The van der Waals surface area contributed by atoms with Gasteiger partial charge in [0.1, 0.15) is 18.0 Å². The number of anilines is 1. The van der Waals surface area contributed by atoms with Crippen molar-refractivity contribution in [2.24, 2.45) is 0 Å². The molecule has 0 spiro atoms. The molecular formula is C19H14FN5O. The summed E-state index contributed by atoms with van der Waals surface area (Å²) in [7, 11) is 0. The van der Waals surface area contributed by atoms with Crippen molar-refractivity contribution in [1.82, 2.24) is 20.1 Å². The maximum absolute atomic E-state index is 13.3. The number of nitrogens with zero attached hydrogens (tertiary/aromatic N) is 4. The predicted molar refractivity (Wildman–Crippen MR) is 94.5 cm³/mol. The minimum atomic E-state index is -0.347. The minimum absolute atomic E-state index is 0.291. The summed E-state index contributed by atoms with van der Waals surface area (Å²) >= 11 is 0. The van der Waals surface area contributed by atoms with E-state index in [0.717, 1.165) is 11.1 Å². The number of hydrogen-bond donors (Lipinski definition) is 1. The van der Waals surface area contributed by atoms with Gasteiger partial charge in [0.2, 0.25) is 11.7 Å². The number of benzene rings is 2. The summed E-state index contributed by atoms with van der Waals surface area (Å²) in [6, 6.07) is 15.9. The quantitative estimate of drug-likeness (QED) is 0.589. The first-order valence-electron chi connectivity index (χ1n) is 7.97. The van der Waals surface area contributed by atoms with Crippen LogP contribution in [0.4, 0.5) is 10.2 Å². The van der Waals surface area contributed by atoms with E-state index in [1.54, 1.807) is 18.3 Å². The third-order valence-electron chi connectivity index (χ3n) is 3.76. The normalized spacial score (nSPS) is 10.7. The van der Waals surface area contributed by atoms with Crippen LogP contribution in [0.3, 0.4) is 0 Å². The smallest absolute Gasteiger partial charge is 0.246 e.